The van der Waals surface area contributed by atoms with Gasteiger partial charge in [0.2, 0.25) is 11.8 Å². The van der Waals surface area contributed by atoms with Crippen molar-refractivity contribution in [1.82, 2.24) is 19.9 Å². The van der Waals surface area contributed by atoms with Crippen molar-refractivity contribution in [2.75, 3.05) is 0 Å². The number of nitrogens with zero attached hydrogens (tertiary/aromatic N) is 4. The van der Waals surface area contributed by atoms with Crippen LogP contribution in [-0.4, -0.2) is 19.9 Å². The number of allylic oxidation sites excluding steroid dienone is 9. The fraction of sp³-hybridized carbons (Fsp3) is 0.125. The molecule has 4 aromatic carbocycles. The second kappa shape index (κ2) is 13.7. The molecule has 2 unspecified atom stereocenters. The van der Waals surface area contributed by atoms with Crippen LogP contribution in [0.4, 0.5) is 0 Å². The molecule has 6 heteroatoms. The number of aryl methyl sites for hydroxylation is 1. The molecule has 6 nitrogen and oxygen atoms in total. The Labute approximate surface area is 313 Å². The van der Waals surface area contributed by atoms with Gasteiger partial charge in [0.15, 0.2) is 17.2 Å². The highest BCUT2D eigenvalue weighted by Crippen LogP contribution is 2.36. The topological polar surface area (TPSA) is 77.8 Å². The highest BCUT2D eigenvalue weighted by Gasteiger charge is 2.20. The van der Waals surface area contributed by atoms with Gasteiger partial charge in [0, 0.05) is 22.6 Å². The fourth-order valence-corrected chi connectivity index (χ4v) is 7.50. The maximum absolute atomic E-state index is 6.04. The molecule has 3 aliphatic carbocycles. The summed E-state index contributed by atoms with van der Waals surface area (Å²) < 4.78 is 12.1. The van der Waals surface area contributed by atoms with Gasteiger partial charge in [0.25, 0.3) is 0 Å². The number of aromatic nitrogens is 4. The Bertz CT molecular complexity index is 2620. The Balaban J connectivity index is 0.877. The van der Waals surface area contributed by atoms with Gasteiger partial charge in [0.05, 0.1) is 23.0 Å². The van der Waals surface area contributed by atoms with Crippen LogP contribution in [0.5, 0.6) is 0 Å². The Morgan fingerprint density at radius 1 is 0.556 bits per heavy atom. The van der Waals surface area contributed by atoms with Gasteiger partial charge >= 0.3 is 0 Å². The maximum Gasteiger partial charge on any atom is 0.226 e. The standard InChI is InChI=1S/C48H36N4O2/c1-2-8-37(9-3-1)46-49-42(35-22-14-31(15-23-35)33-18-26-38(27-19-33)47-51-40-10-4-6-12-44(40)53-47)30-43(50-46)36-24-16-32(17-25-36)34-20-28-39(29-21-34)48-52-41-11-5-7-13-45(41)54-48/h1-4,6-10,12-16,18-26,28-30,32,38H,5,11,17,27H2. The number of oxazole rings is 2. The van der Waals surface area contributed by atoms with Crippen LogP contribution >= 0.6 is 0 Å². The maximum atomic E-state index is 6.04. The first-order valence-corrected chi connectivity index (χ1v) is 18.6. The van der Waals surface area contributed by atoms with Gasteiger partial charge in [-0.15, -0.1) is 0 Å². The normalized spacial score (nSPS) is 17.7. The van der Waals surface area contributed by atoms with Crippen molar-refractivity contribution in [3.63, 3.8) is 0 Å². The van der Waals surface area contributed by atoms with Gasteiger partial charge in [-0.3, -0.25) is 0 Å². The molecule has 0 N–H and O–H groups in total. The number of benzene rings is 4. The smallest absolute Gasteiger partial charge is 0.226 e. The van der Waals surface area contributed by atoms with Crippen molar-refractivity contribution in [3.8, 4) is 34.1 Å². The summed E-state index contributed by atoms with van der Waals surface area (Å²) in [6, 6.07) is 37.6. The minimum atomic E-state index is 0.128. The predicted octanol–water partition coefficient (Wildman–Crippen LogP) is 11.8. The largest absolute Gasteiger partial charge is 0.440 e. The monoisotopic (exact) mass is 700 g/mol. The molecule has 3 aliphatic rings. The van der Waals surface area contributed by atoms with E-state index in [9.17, 15) is 0 Å². The Kier molecular flexibility index (Phi) is 8.13. The number of hydrogen-bond donors (Lipinski definition) is 0. The van der Waals surface area contributed by atoms with Crippen molar-refractivity contribution in [1.29, 1.82) is 0 Å². The first kappa shape index (κ1) is 32.0. The molecule has 0 amide bonds. The third-order valence-corrected chi connectivity index (χ3v) is 10.5. The summed E-state index contributed by atoms with van der Waals surface area (Å²) in [5, 5.41) is 0. The lowest BCUT2D eigenvalue weighted by atomic mass is 9.88. The number of rotatable bonds is 7. The molecular formula is C48H36N4O2. The van der Waals surface area contributed by atoms with E-state index in [4.69, 9.17) is 28.8 Å². The van der Waals surface area contributed by atoms with E-state index in [1.165, 1.54) is 11.1 Å². The van der Waals surface area contributed by atoms with Crippen LogP contribution in [0.3, 0.4) is 0 Å². The van der Waals surface area contributed by atoms with E-state index in [1.54, 1.807) is 0 Å². The minimum Gasteiger partial charge on any atom is -0.440 e. The summed E-state index contributed by atoms with van der Waals surface area (Å²) in [5.41, 5.74) is 12.3. The summed E-state index contributed by atoms with van der Waals surface area (Å²) >= 11 is 0. The molecule has 0 spiro atoms. The molecule has 0 aliphatic heterocycles. The van der Waals surface area contributed by atoms with Gasteiger partial charge in [-0.25, -0.2) is 19.9 Å². The lowest BCUT2D eigenvalue weighted by Gasteiger charge is -2.18. The first-order valence-electron chi connectivity index (χ1n) is 18.6. The van der Waals surface area contributed by atoms with Crippen molar-refractivity contribution in [2.24, 2.45) is 0 Å². The van der Waals surface area contributed by atoms with E-state index >= 15 is 0 Å². The van der Waals surface area contributed by atoms with Gasteiger partial charge in [0.1, 0.15) is 5.52 Å². The molecule has 0 radical (unpaired) electrons. The van der Waals surface area contributed by atoms with Crippen molar-refractivity contribution >= 4 is 28.3 Å². The molecular weight excluding hydrogens is 665 g/mol. The van der Waals surface area contributed by atoms with Gasteiger partial charge in [-0.1, -0.05) is 121 Å². The van der Waals surface area contributed by atoms with Crippen LogP contribution in [-0.2, 0) is 6.42 Å². The summed E-state index contributed by atoms with van der Waals surface area (Å²) in [4.78, 5) is 19.6. The van der Waals surface area contributed by atoms with Crippen molar-refractivity contribution in [2.45, 2.75) is 37.5 Å². The molecule has 0 saturated heterocycles. The summed E-state index contributed by atoms with van der Waals surface area (Å²) in [6.45, 7) is 0. The third-order valence-electron chi connectivity index (χ3n) is 10.5. The summed E-state index contributed by atoms with van der Waals surface area (Å²) in [7, 11) is 0. The highest BCUT2D eigenvalue weighted by molar-refractivity contribution is 5.80. The second-order valence-corrected chi connectivity index (χ2v) is 14.0. The number of para-hydroxylation sites is 2. The number of fused-ring (bicyclic) bond motifs is 2. The molecule has 3 aromatic heterocycles. The predicted molar refractivity (Wildman–Crippen MR) is 215 cm³/mol. The zero-order valence-corrected chi connectivity index (χ0v) is 29.6. The van der Waals surface area contributed by atoms with E-state index in [0.717, 1.165) is 93.3 Å². The van der Waals surface area contributed by atoms with E-state index in [0.29, 0.717) is 11.7 Å². The van der Waals surface area contributed by atoms with E-state index in [2.05, 4.69) is 109 Å². The van der Waals surface area contributed by atoms with Crippen LogP contribution in [0.1, 0.15) is 65.3 Å². The quantitative estimate of drug-likeness (QED) is 0.165. The van der Waals surface area contributed by atoms with Gasteiger partial charge in [-0.2, -0.15) is 0 Å². The molecule has 260 valence electrons. The van der Waals surface area contributed by atoms with E-state index < -0.39 is 0 Å². The molecule has 54 heavy (non-hydrogen) atoms. The van der Waals surface area contributed by atoms with Gasteiger partial charge < -0.3 is 8.83 Å². The Morgan fingerprint density at radius 2 is 1.28 bits per heavy atom. The summed E-state index contributed by atoms with van der Waals surface area (Å²) in [6.07, 6.45) is 21.3. The molecule has 7 aromatic rings. The lowest BCUT2D eigenvalue weighted by Crippen LogP contribution is -2.02. The van der Waals surface area contributed by atoms with Crippen LogP contribution in [0, 0.1) is 0 Å². The Hall–Kier alpha value is -6.66. The highest BCUT2D eigenvalue weighted by atomic mass is 16.4. The van der Waals surface area contributed by atoms with Crippen molar-refractivity contribution < 1.29 is 8.83 Å². The van der Waals surface area contributed by atoms with E-state index in [-0.39, 0.29) is 11.8 Å². The number of hydrogen-bond acceptors (Lipinski definition) is 6. The molecule has 0 fully saturated rings. The van der Waals surface area contributed by atoms with Gasteiger partial charge in [-0.05, 0) is 84.4 Å². The van der Waals surface area contributed by atoms with Crippen LogP contribution in [0.15, 0.2) is 161 Å². The second-order valence-electron chi connectivity index (χ2n) is 14.0. The SMILES string of the molecule is C1=Cc2oc(-c3ccc(C4C=CC(c5cc(-c6ccc(C7=CCC(c8nc9ccccc9o8)C=C7)cc6)nc(-c6ccccc6)n5)=CC4)cc3)nc2CC1. The fourth-order valence-electron chi connectivity index (χ4n) is 7.50. The van der Waals surface area contributed by atoms with Crippen LogP contribution < -0.4 is 0 Å². The zero-order chi connectivity index (χ0) is 35.8. The average Bonchev–Trinajstić information content (AvgIpc) is 3.90. The minimum absolute atomic E-state index is 0.128. The lowest BCUT2D eigenvalue weighted by molar-refractivity contribution is 0.505. The first-order chi connectivity index (χ1) is 26.7. The average molecular weight is 701 g/mol. The Morgan fingerprint density at radius 3 is 2.06 bits per heavy atom. The molecule has 10 rings (SSSR count). The summed E-state index contributed by atoms with van der Waals surface area (Å²) in [5.74, 6) is 3.46. The van der Waals surface area contributed by atoms with Crippen LogP contribution in [0.2, 0.25) is 0 Å². The van der Waals surface area contributed by atoms with Crippen LogP contribution in [0.25, 0.3) is 62.4 Å². The van der Waals surface area contributed by atoms with E-state index in [1.807, 2.05) is 48.5 Å². The zero-order valence-electron chi connectivity index (χ0n) is 29.6. The molecule has 3 heterocycles. The third kappa shape index (κ3) is 6.26. The molecule has 2 atom stereocenters. The molecule has 0 bridgehead atoms. The van der Waals surface area contributed by atoms with Crippen molar-refractivity contribution in [3.05, 3.63) is 186 Å². The molecule has 0 saturated carbocycles.